The lowest BCUT2D eigenvalue weighted by atomic mass is 9.98. The smallest absolute Gasteiger partial charge is 0.310 e. The molecule has 1 aromatic rings. The SMILES string of the molecule is CCOC(=O)[C@@H]1CCCN(C(=S)NC(=O)c2cc(Br)ccc2Cl)C1. The number of hydrogen-bond donors (Lipinski definition) is 1. The predicted molar refractivity (Wildman–Crippen MR) is 100 cm³/mol. The highest BCUT2D eigenvalue weighted by Gasteiger charge is 2.28. The van der Waals surface area contributed by atoms with Crippen LogP contribution in [0.4, 0.5) is 0 Å². The quantitative estimate of drug-likeness (QED) is 0.585. The molecule has 0 spiro atoms. The van der Waals surface area contributed by atoms with Gasteiger partial charge >= 0.3 is 5.97 Å². The van der Waals surface area contributed by atoms with E-state index in [1.807, 2.05) is 4.90 Å². The van der Waals surface area contributed by atoms with E-state index in [-0.39, 0.29) is 17.8 Å². The third-order valence-corrected chi connectivity index (χ3v) is 4.91. The number of nitrogens with zero attached hydrogens (tertiary/aromatic N) is 1. The number of thiocarbonyl (C=S) groups is 1. The van der Waals surface area contributed by atoms with Crippen molar-refractivity contribution in [1.29, 1.82) is 0 Å². The summed E-state index contributed by atoms with van der Waals surface area (Å²) in [5.41, 5.74) is 0.340. The number of ether oxygens (including phenoxy) is 1. The van der Waals surface area contributed by atoms with Gasteiger partial charge in [-0.25, -0.2) is 0 Å². The summed E-state index contributed by atoms with van der Waals surface area (Å²) in [4.78, 5) is 26.1. The second kappa shape index (κ2) is 8.78. The fraction of sp³-hybridized carbons (Fsp3) is 0.438. The fourth-order valence-electron chi connectivity index (χ4n) is 2.53. The minimum Gasteiger partial charge on any atom is -0.466 e. The summed E-state index contributed by atoms with van der Waals surface area (Å²) in [6, 6.07) is 5.03. The molecule has 1 aliphatic rings. The Kier molecular flexibility index (Phi) is 7.01. The van der Waals surface area contributed by atoms with Gasteiger partial charge in [-0.3, -0.25) is 14.9 Å². The van der Waals surface area contributed by atoms with E-state index >= 15 is 0 Å². The molecule has 0 aromatic heterocycles. The number of amides is 1. The Hall–Kier alpha value is -1.18. The number of piperidine rings is 1. The molecule has 0 saturated carbocycles. The first-order valence-corrected chi connectivity index (χ1v) is 9.22. The average Bonchev–Trinajstić information content (AvgIpc) is 2.57. The van der Waals surface area contributed by atoms with Gasteiger partial charge in [0, 0.05) is 17.6 Å². The molecule has 1 atom stereocenters. The third-order valence-electron chi connectivity index (χ3n) is 3.72. The van der Waals surface area contributed by atoms with E-state index < -0.39 is 0 Å². The van der Waals surface area contributed by atoms with E-state index in [4.69, 9.17) is 28.6 Å². The summed E-state index contributed by atoms with van der Waals surface area (Å²) in [5.74, 6) is -0.807. The Morgan fingerprint density at radius 3 is 2.96 bits per heavy atom. The fourth-order valence-corrected chi connectivity index (χ4v) is 3.35. The van der Waals surface area contributed by atoms with Gasteiger partial charge in [-0.05, 0) is 50.2 Å². The van der Waals surface area contributed by atoms with Crippen molar-refractivity contribution in [2.75, 3.05) is 19.7 Å². The molecule has 8 heteroatoms. The van der Waals surface area contributed by atoms with Crippen LogP contribution in [0.1, 0.15) is 30.1 Å². The predicted octanol–water partition coefficient (Wildman–Crippen LogP) is 3.39. The van der Waals surface area contributed by atoms with Crippen LogP contribution in [0.3, 0.4) is 0 Å². The lowest BCUT2D eigenvalue weighted by Gasteiger charge is -2.33. The van der Waals surface area contributed by atoms with Crippen molar-refractivity contribution in [2.45, 2.75) is 19.8 Å². The zero-order valence-electron chi connectivity index (χ0n) is 13.2. The molecule has 2 rings (SSSR count). The molecule has 5 nitrogen and oxygen atoms in total. The molecule has 1 heterocycles. The second-order valence-corrected chi connectivity index (χ2v) is 7.13. The van der Waals surface area contributed by atoms with E-state index in [0.29, 0.717) is 35.4 Å². The summed E-state index contributed by atoms with van der Waals surface area (Å²) in [6.07, 6.45) is 1.58. The van der Waals surface area contributed by atoms with Crippen LogP contribution in [0.5, 0.6) is 0 Å². The van der Waals surface area contributed by atoms with Crippen molar-refractivity contribution in [2.24, 2.45) is 5.92 Å². The van der Waals surface area contributed by atoms with Crippen molar-refractivity contribution in [3.05, 3.63) is 33.3 Å². The molecule has 1 saturated heterocycles. The van der Waals surface area contributed by atoms with Gasteiger partial charge in [0.1, 0.15) is 0 Å². The Bertz CT molecular complexity index is 656. The molecule has 1 aliphatic heterocycles. The van der Waals surface area contributed by atoms with Gasteiger partial charge in [-0.1, -0.05) is 27.5 Å². The molecule has 0 bridgehead atoms. The zero-order valence-corrected chi connectivity index (χ0v) is 16.3. The maximum absolute atomic E-state index is 12.4. The van der Waals surface area contributed by atoms with E-state index in [1.54, 1.807) is 25.1 Å². The minimum atomic E-state index is -0.371. The largest absolute Gasteiger partial charge is 0.466 e. The summed E-state index contributed by atoms with van der Waals surface area (Å²) < 4.78 is 5.82. The first-order chi connectivity index (χ1) is 11.4. The minimum absolute atomic E-state index is 0.216. The molecule has 130 valence electrons. The molecule has 0 unspecified atom stereocenters. The zero-order chi connectivity index (χ0) is 17.7. The van der Waals surface area contributed by atoms with E-state index in [0.717, 1.165) is 17.3 Å². The summed E-state index contributed by atoms with van der Waals surface area (Å²) in [6.45, 7) is 3.29. The van der Waals surface area contributed by atoms with Crippen molar-refractivity contribution in [3.8, 4) is 0 Å². The van der Waals surface area contributed by atoms with E-state index in [1.165, 1.54) is 0 Å². The maximum atomic E-state index is 12.4. The second-order valence-electron chi connectivity index (χ2n) is 5.42. The molecule has 1 aromatic carbocycles. The number of halogens is 2. The number of benzene rings is 1. The van der Waals surface area contributed by atoms with Crippen LogP contribution in [0.25, 0.3) is 0 Å². The van der Waals surface area contributed by atoms with Gasteiger partial charge in [-0.2, -0.15) is 0 Å². The molecular weight excluding hydrogens is 416 g/mol. The maximum Gasteiger partial charge on any atom is 0.310 e. The van der Waals surface area contributed by atoms with Crippen LogP contribution in [-0.2, 0) is 9.53 Å². The van der Waals surface area contributed by atoms with Crippen LogP contribution in [0, 0.1) is 5.92 Å². The summed E-state index contributed by atoms with van der Waals surface area (Å²) in [5, 5.41) is 3.33. The first kappa shape index (κ1) is 19.1. The van der Waals surface area contributed by atoms with Crippen LogP contribution in [-0.4, -0.2) is 41.6 Å². The van der Waals surface area contributed by atoms with Gasteiger partial charge in [0.15, 0.2) is 5.11 Å². The normalized spacial score (nSPS) is 17.3. The monoisotopic (exact) mass is 432 g/mol. The van der Waals surface area contributed by atoms with Crippen LogP contribution >= 0.6 is 39.7 Å². The van der Waals surface area contributed by atoms with E-state index in [9.17, 15) is 9.59 Å². The van der Waals surface area contributed by atoms with Gasteiger partial charge in [-0.15, -0.1) is 0 Å². The molecule has 1 N–H and O–H groups in total. The molecule has 1 fully saturated rings. The highest BCUT2D eigenvalue weighted by Crippen LogP contribution is 2.22. The van der Waals surface area contributed by atoms with Crippen molar-refractivity contribution < 1.29 is 14.3 Å². The summed E-state index contributed by atoms with van der Waals surface area (Å²) >= 11 is 14.7. The van der Waals surface area contributed by atoms with Gasteiger partial charge < -0.3 is 9.64 Å². The highest BCUT2D eigenvalue weighted by molar-refractivity contribution is 9.10. The molecular formula is C16H18BrClN2O3S. The standard InChI is InChI=1S/C16H18BrClN2O3S/c1-2-23-15(22)10-4-3-7-20(9-10)16(24)19-14(21)12-8-11(17)5-6-13(12)18/h5-6,8,10H,2-4,7,9H2,1H3,(H,19,21,24)/t10-/m1/s1. The Balaban J connectivity index is 1.99. The lowest BCUT2D eigenvalue weighted by Crippen LogP contribution is -2.48. The van der Waals surface area contributed by atoms with Crippen molar-refractivity contribution >= 4 is 56.7 Å². The van der Waals surface area contributed by atoms with Gasteiger partial charge in [0.05, 0.1) is 23.1 Å². The number of carbonyl (C=O) groups excluding carboxylic acids is 2. The van der Waals surface area contributed by atoms with Crippen LogP contribution < -0.4 is 5.32 Å². The van der Waals surface area contributed by atoms with Crippen LogP contribution in [0.15, 0.2) is 22.7 Å². The Morgan fingerprint density at radius 2 is 2.25 bits per heavy atom. The van der Waals surface area contributed by atoms with Crippen LogP contribution in [0.2, 0.25) is 5.02 Å². The topological polar surface area (TPSA) is 58.6 Å². The average molecular weight is 434 g/mol. The number of rotatable bonds is 3. The number of hydrogen-bond acceptors (Lipinski definition) is 4. The number of carbonyl (C=O) groups is 2. The van der Waals surface area contributed by atoms with Crippen molar-refractivity contribution in [3.63, 3.8) is 0 Å². The highest BCUT2D eigenvalue weighted by atomic mass is 79.9. The lowest BCUT2D eigenvalue weighted by molar-refractivity contribution is -0.149. The molecule has 0 aliphatic carbocycles. The number of likely N-dealkylation sites (tertiary alicyclic amines) is 1. The molecule has 0 radical (unpaired) electrons. The molecule has 1 amide bonds. The Labute approximate surface area is 159 Å². The molecule has 24 heavy (non-hydrogen) atoms. The van der Waals surface area contributed by atoms with Gasteiger partial charge in [0.25, 0.3) is 5.91 Å². The number of esters is 1. The first-order valence-electron chi connectivity index (χ1n) is 7.64. The van der Waals surface area contributed by atoms with Gasteiger partial charge in [0.2, 0.25) is 0 Å². The van der Waals surface area contributed by atoms with E-state index in [2.05, 4.69) is 21.2 Å². The summed E-state index contributed by atoms with van der Waals surface area (Å²) in [7, 11) is 0. The van der Waals surface area contributed by atoms with Crippen molar-refractivity contribution in [1.82, 2.24) is 10.2 Å². The Morgan fingerprint density at radius 1 is 1.50 bits per heavy atom. The number of nitrogens with one attached hydrogen (secondary N) is 1. The third kappa shape index (κ3) is 4.91.